The number of amidine groups is 1. The largest absolute Gasteiger partial charge is 0.409 e. The zero-order chi connectivity index (χ0) is 13.2. The van der Waals surface area contributed by atoms with Crippen LogP contribution in [0.5, 0.6) is 0 Å². The van der Waals surface area contributed by atoms with Crippen LogP contribution in [0.4, 0.5) is 14.5 Å². The van der Waals surface area contributed by atoms with E-state index in [9.17, 15) is 8.78 Å². The number of nitrogens with zero attached hydrogens (tertiary/aromatic N) is 1. The zero-order valence-corrected chi connectivity index (χ0v) is 9.79. The second-order valence-corrected chi connectivity index (χ2v) is 4.75. The predicted molar refractivity (Wildman–Crippen MR) is 64.5 cm³/mol. The molecule has 0 heterocycles. The lowest BCUT2D eigenvalue weighted by Gasteiger charge is -2.16. The van der Waals surface area contributed by atoms with Gasteiger partial charge in [0.05, 0.1) is 5.69 Å². The summed E-state index contributed by atoms with van der Waals surface area (Å²) >= 11 is 0. The van der Waals surface area contributed by atoms with Gasteiger partial charge >= 0.3 is 0 Å². The van der Waals surface area contributed by atoms with E-state index in [1.807, 2.05) is 0 Å². The van der Waals surface area contributed by atoms with Crippen molar-refractivity contribution in [2.45, 2.75) is 19.3 Å². The molecule has 0 aromatic heterocycles. The Hall–Kier alpha value is -1.85. The molecule has 0 saturated heterocycles. The fourth-order valence-corrected chi connectivity index (χ4v) is 1.93. The fourth-order valence-electron chi connectivity index (χ4n) is 1.93. The lowest BCUT2D eigenvalue weighted by atomic mass is 10.0. The predicted octanol–water partition coefficient (Wildman–Crippen LogP) is 2.29. The molecule has 0 radical (unpaired) electrons. The summed E-state index contributed by atoms with van der Waals surface area (Å²) in [5.74, 6) is -0.815. The van der Waals surface area contributed by atoms with Crippen LogP contribution in [0.15, 0.2) is 23.4 Å². The topological polar surface area (TPSA) is 70.6 Å². The maximum Gasteiger partial charge on any atom is 0.146 e. The molecule has 18 heavy (non-hydrogen) atoms. The molecule has 1 fully saturated rings. The number of halogens is 2. The van der Waals surface area contributed by atoms with Crippen LogP contribution in [0.1, 0.15) is 19.3 Å². The van der Waals surface area contributed by atoms with Crippen LogP contribution in [0, 0.1) is 17.0 Å². The van der Waals surface area contributed by atoms with Crippen LogP contribution in [0.25, 0.3) is 0 Å². The molecule has 6 heteroatoms. The van der Waals surface area contributed by atoms with Gasteiger partial charge in [-0.2, -0.15) is 0 Å². The Balaban J connectivity index is 1.97. The van der Waals surface area contributed by atoms with Crippen molar-refractivity contribution in [2.24, 2.45) is 16.3 Å². The first-order valence-electron chi connectivity index (χ1n) is 5.70. The first kappa shape index (κ1) is 12.6. The molecule has 1 aliphatic carbocycles. The Bertz CT molecular complexity index is 472. The maximum absolute atomic E-state index is 13.4. The van der Waals surface area contributed by atoms with Crippen molar-refractivity contribution < 1.29 is 14.0 Å². The van der Waals surface area contributed by atoms with E-state index in [1.54, 1.807) is 0 Å². The highest BCUT2D eigenvalue weighted by Gasteiger charge is 2.43. The van der Waals surface area contributed by atoms with E-state index in [-0.39, 0.29) is 16.9 Å². The lowest BCUT2D eigenvalue weighted by Crippen LogP contribution is -2.24. The average molecular weight is 255 g/mol. The van der Waals surface area contributed by atoms with Crippen LogP contribution in [0.2, 0.25) is 0 Å². The Morgan fingerprint density at radius 3 is 2.78 bits per heavy atom. The molecule has 1 saturated carbocycles. The van der Waals surface area contributed by atoms with E-state index in [0.29, 0.717) is 13.0 Å². The Labute approximate surface area is 103 Å². The third kappa shape index (κ3) is 2.88. The monoisotopic (exact) mass is 255 g/mol. The first-order valence-corrected chi connectivity index (χ1v) is 5.70. The number of nitrogens with two attached hydrogens (primary N) is 1. The van der Waals surface area contributed by atoms with Gasteiger partial charge in [0.1, 0.15) is 17.5 Å². The minimum Gasteiger partial charge on any atom is -0.409 e. The Morgan fingerprint density at radius 1 is 1.44 bits per heavy atom. The van der Waals surface area contributed by atoms with Gasteiger partial charge in [-0.3, -0.25) is 0 Å². The minimum absolute atomic E-state index is 0.102. The van der Waals surface area contributed by atoms with Crippen LogP contribution in [0.3, 0.4) is 0 Å². The molecule has 2 rings (SSSR count). The number of benzene rings is 1. The highest BCUT2D eigenvalue weighted by Crippen LogP contribution is 2.48. The molecule has 0 amide bonds. The number of rotatable bonds is 5. The Kier molecular flexibility index (Phi) is 3.36. The molecule has 4 N–H and O–H groups in total. The molecule has 1 aromatic rings. The number of oxime groups is 1. The standard InChI is InChI=1S/C12H15F2N3O/c13-8-1-2-9(14)10(5-8)16-7-12(3-4-12)6-11(15)17-18/h1-2,5,16,18H,3-4,6-7H2,(H2,15,17). The fraction of sp³-hybridized carbons (Fsp3) is 0.417. The van der Waals surface area contributed by atoms with Crippen molar-refractivity contribution in [2.75, 3.05) is 11.9 Å². The van der Waals surface area contributed by atoms with Gasteiger partial charge in [-0.1, -0.05) is 5.16 Å². The molecular weight excluding hydrogens is 240 g/mol. The van der Waals surface area contributed by atoms with Crippen molar-refractivity contribution >= 4 is 11.5 Å². The van der Waals surface area contributed by atoms with Gasteiger partial charge < -0.3 is 16.3 Å². The summed E-state index contributed by atoms with van der Waals surface area (Å²) in [5, 5.41) is 14.3. The second-order valence-electron chi connectivity index (χ2n) is 4.75. The maximum atomic E-state index is 13.4. The summed E-state index contributed by atoms with van der Waals surface area (Å²) in [6.45, 7) is 0.476. The van der Waals surface area contributed by atoms with Gasteiger partial charge in [0.2, 0.25) is 0 Å². The van der Waals surface area contributed by atoms with E-state index in [0.717, 1.165) is 31.0 Å². The second kappa shape index (κ2) is 4.80. The van der Waals surface area contributed by atoms with E-state index in [1.165, 1.54) is 0 Å². The molecule has 1 aromatic carbocycles. The number of hydrogen-bond donors (Lipinski definition) is 3. The number of hydrogen-bond acceptors (Lipinski definition) is 3. The van der Waals surface area contributed by atoms with E-state index in [2.05, 4.69) is 10.5 Å². The molecule has 0 spiro atoms. The van der Waals surface area contributed by atoms with Gasteiger partial charge in [0.15, 0.2) is 0 Å². The number of nitrogens with one attached hydrogen (secondary N) is 1. The molecular formula is C12H15F2N3O. The molecule has 4 nitrogen and oxygen atoms in total. The molecule has 0 bridgehead atoms. The van der Waals surface area contributed by atoms with Gasteiger partial charge in [0.25, 0.3) is 0 Å². The smallest absolute Gasteiger partial charge is 0.146 e. The zero-order valence-electron chi connectivity index (χ0n) is 9.79. The summed E-state index contributed by atoms with van der Waals surface area (Å²) in [6, 6.07) is 3.28. The van der Waals surface area contributed by atoms with Crippen LogP contribution >= 0.6 is 0 Å². The quantitative estimate of drug-likeness (QED) is 0.327. The first-order chi connectivity index (χ1) is 8.54. The highest BCUT2D eigenvalue weighted by atomic mass is 19.1. The van der Waals surface area contributed by atoms with Gasteiger partial charge in [-0.25, -0.2) is 8.78 Å². The molecule has 0 aliphatic heterocycles. The summed E-state index contributed by atoms with van der Waals surface area (Å²) in [5.41, 5.74) is 5.50. The van der Waals surface area contributed by atoms with Crippen molar-refractivity contribution in [3.05, 3.63) is 29.8 Å². The molecule has 0 unspecified atom stereocenters. The summed E-state index contributed by atoms with van der Waals surface area (Å²) < 4.78 is 26.3. The molecule has 0 atom stereocenters. The van der Waals surface area contributed by atoms with Crippen molar-refractivity contribution in [3.8, 4) is 0 Å². The third-order valence-electron chi connectivity index (χ3n) is 3.22. The minimum atomic E-state index is -0.490. The summed E-state index contributed by atoms with van der Waals surface area (Å²) in [7, 11) is 0. The van der Waals surface area contributed by atoms with E-state index < -0.39 is 11.6 Å². The molecule has 1 aliphatic rings. The van der Waals surface area contributed by atoms with Crippen molar-refractivity contribution in [1.29, 1.82) is 0 Å². The highest BCUT2D eigenvalue weighted by molar-refractivity contribution is 5.80. The van der Waals surface area contributed by atoms with Crippen LogP contribution in [-0.4, -0.2) is 17.6 Å². The normalized spacial score (nSPS) is 17.6. The van der Waals surface area contributed by atoms with Crippen molar-refractivity contribution in [1.82, 2.24) is 0 Å². The van der Waals surface area contributed by atoms with E-state index in [4.69, 9.17) is 10.9 Å². The average Bonchev–Trinajstić information content (AvgIpc) is 3.10. The van der Waals surface area contributed by atoms with E-state index >= 15 is 0 Å². The summed E-state index contributed by atoms with van der Waals surface area (Å²) in [4.78, 5) is 0. The number of anilines is 1. The van der Waals surface area contributed by atoms with Crippen LogP contribution < -0.4 is 11.1 Å². The SMILES string of the molecule is NC(CC1(CNc2cc(F)ccc2F)CC1)=NO. The van der Waals surface area contributed by atoms with Gasteiger partial charge in [-0.05, 0) is 36.5 Å². The Morgan fingerprint density at radius 2 is 2.17 bits per heavy atom. The molecule has 98 valence electrons. The summed E-state index contributed by atoms with van der Waals surface area (Å²) in [6.07, 6.45) is 2.30. The van der Waals surface area contributed by atoms with Gasteiger partial charge in [-0.15, -0.1) is 0 Å². The lowest BCUT2D eigenvalue weighted by molar-refractivity contribution is 0.315. The third-order valence-corrected chi connectivity index (χ3v) is 3.22. The van der Waals surface area contributed by atoms with Gasteiger partial charge in [0, 0.05) is 13.0 Å². The van der Waals surface area contributed by atoms with Crippen LogP contribution in [-0.2, 0) is 0 Å². The van der Waals surface area contributed by atoms with Crippen molar-refractivity contribution in [3.63, 3.8) is 0 Å².